The van der Waals surface area contributed by atoms with Crippen LogP contribution in [0.2, 0.25) is 10.0 Å². The SMILES string of the molecule is Cc1nc2ccc(Cl)cc2c(-c2ccccc2Cl)c1O. The average Bonchev–Trinajstić information content (AvgIpc) is 2.42. The summed E-state index contributed by atoms with van der Waals surface area (Å²) >= 11 is 12.3. The Morgan fingerprint density at radius 1 is 1.05 bits per heavy atom. The van der Waals surface area contributed by atoms with Crippen LogP contribution in [0.4, 0.5) is 0 Å². The molecule has 0 bridgehead atoms. The Labute approximate surface area is 126 Å². The third-order valence-corrected chi connectivity index (χ3v) is 3.80. The molecule has 1 N–H and O–H groups in total. The van der Waals surface area contributed by atoms with Crippen molar-refractivity contribution >= 4 is 34.1 Å². The molecule has 0 spiro atoms. The standard InChI is InChI=1S/C16H11Cl2NO/c1-9-16(20)15(11-4-2-3-5-13(11)18)12-8-10(17)6-7-14(12)19-9/h2-8,20H,1H3. The highest BCUT2D eigenvalue weighted by Gasteiger charge is 2.16. The molecule has 3 rings (SSSR count). The van der Waals surface area contributed by atoms with Gasteiger partial charge in [0, 0.05) is 26.6 Å². The highest BCUT2D eigenvalue weighted by atomic mass is 35.5. The van der Waals surface area contributed by atoms with Crippen LogP contribution in [0.5, 0.6) is 5.75 Å². The predicted molar refractivity (Wildman–Crippen MR) is 83.6 cm³/mol. The number of benzene rings is 2. The van der Waals surface area contributed by atoms with Gasteiger partial charge in [0.25, 0.3) is 0 Å². The lowest BCUT2D eigenvalue weighted by molar-refractivity contribution is 0.471. The van der Waals surface area contributed by atoms with Gasteiger partial charge in [-0.1, -0.05) is 41.4 Å². The molecule has 0 aliphatic heterocycles. The van der Waals surface area contributed by atoms with Crippen molar-refractivity contribution in [2.24, 2.45) is 0 Å². The van der Waals surface area contributed by atoms with Gasteiger partial charge in [-0.05, 0) is 31.2 Å². The van der Waals surface area contributed by atoms with Crippen LogP contribution in [0.3, 0.4) is 0 Å². The molecule has 0 fully saturated rings. The lowest BCUT2D eigenvalue weighted by Gasteiger charge is -2.13. The molecular weight excluding hydrogens is 293 g/mol. The van der Waals surface area contributed by atoms with Crippen LogP contribution >= 0.6 is 23.2 Å². The molecule has 0 saturated carbocycles. The topological polar surface area (TPSA) is 33.1 Å². The minimum atomic E-state index is 0.132. The molecule has 2 nitrogen and oxygen atoms in total. The summed E-state index contributed by atoms with van der Waals surface area (Å²) < 4.78 is 0. The molecule has 20 heavy (non-hydrogen) atoms. The van der Waals surface area contributed by atoms with E-state index in [1.165, 1.54) is 0 Å². The molecule has 0 saturated heterocycles. The van der Waals surface area contributed by atoms with Gasteiger partial charge in [-0.3, -0.25) is 0 Å². The molecule has 4 heteroatoms. The molecule has 0 amide bonds. The first kappa shape index (κ1) is 13.2. The molecule has 1 aromatic heterocycles. The Bertz CT molecular complexity index is 815. The zero-order chi connectivity index (χ0) is 14.3. The van der Waals surface area contributed by atoms with E-state index in [2.05, 4.69) is 4.98 Å². The fourth-order valence-corrected chi connectivity index (χ4v) is 2.69. The fraction of sp³-hybridized carbons (Fsp3) is 0.0625. The number of halogens is 2. The normalized spacial score (nSPS) is 10.9. The Morgan fingerprint density at radius 3 is 2.55 bits per heavy atom. The number of hydrogen-bond acceptors (Lipinski definition) is 2. The number of nitrogens with zero attached hydrogens (tertiary/aromatic N) is 1. The maximum atomic E-state index is 10.4. The van der Waals surface area contributed by atoms with Crippen LogP contribution in [-0.4, -0.2) is 10.1 Å². The molecule has 2 aromatic carbocycles. The zero-order valence-electron chi connectivity index (χ0n) is 10.7. The van der Waals surface area contributed by atoms with Crippen molar-refractivity contribution in [2.75, 3.05) is 0 Å². The summed E-state index contributed by atoms with van der Waals surface area (Å²) in [6.07, 6.45) is 0. The predicted octanol–water partition coefficient (Wildman–Crippen LogP) is 5.22. The minimum absolute atomic E-state index is 0.132. The van der Waals surface area contributed by atoms with Gasteiger partial charge in [0.05, 0.1) is 11.2 Å². The van der Waals surface area contributed by atoms with E-state index in [1.54, 1.807) is 25.1 Å². The van der Waals surface area contributed by atoms with E-state index in [4.69, 9.17) is 23.2 Å². The molecule has 0 radical (unpaired) electrons. The molecule has 0 aliphatic carbocycles. The molecule has 0 aliphatic rings. The number of pyridine rings is 1. The van der Waals surface area contributed by atoms with Gasteiger partial charge in [0.2, 0.25) is 0 Å². The molecule has 3 aromatic rings. The smallest absolute Gasteiger partial charge is 0.145 e. The quantitative estimate of drug-likeness (QED) is 0.668. The van der Waals surface area contributed by atoms with E-state index in [-0.39, 0.29) is 5.75 Å². The highest BCUT2D eigenvalue weighted by Crippen LogP contribution is 2.41. The molecule has 100 valence electrons. The van der Waals surface area contributed by atoms with Crippen LogP contribution in [0.25, 0.3) is 22.0 Å². The maximum Gasteiger partial charge on any atom is 0.145 e. The van der Waals surface area contributed by atoms with E-state index in [0.717, 1.165) is 16.5 Å². The number of hydrogen-bond donors (Lipinski definition) is 1. The lowest BCUT2D eigenvalue weighted by atomic mass is 9.99. The summed E-state index contributed by atoms with van der Waals surface area (Å²) in [5.74, 6) is 0.132. The third-order valence-electron chi connectivity index (χ3n) is 3.24. The minimum Gasteiger partial charge on any atom is -0.505 e. The Balaban J connectivity index is 2.47. The van der Waals surface area contributed by atoms with E-state index >= 15 is 0 Å². The van der Waals surface area contributed by atoms with Crippen LogP contribution in [0.1, 0.15) is 5.69 Å². The first-order valence-electron chi connectivity index (χ1n) is 6.11. The van der Waals surface area contributed by atoms with Crippen molar-refractivity contribution in [1.29, 1.82) is 0 Å². The maximum absolute atomic E-state index is 10.4. The highest BCUT2D eigenvalue weighted by molar-refractivity contribution is 6.34. The summed E-state index contributed by atoms with van der Waals surface area (Å²) in [5.41, 5.74) is 2.78. The largest absolute Gasteiger partial charge is 0.505 e. The van der Waals surface area contributed by atoms with E-state index < -0.39 is 0 Å². The molecule has 0 unspecified atom stereocenters. The molecular formula is C16H11Cl2NO. The van der Waals surface area contributed by atoms with Gasteiger partial charge >= 0.3 is 0 Å². The van der Waals surface area contributed by atoms with Crippen molar-refractivity contribution < 1.29 is 5.11 Å². The first-order valence-corrected chi connectivity index (χ1v) is 6.87. The number of aromatic hydroxyl groups is 1. The number of rotatable bonds is 1. The van der Waals surface area contributed by atoms with Gasteiger partial charge in [0.1, 0.15) is 5.75 Å². The fourth-order valence-electron chi connectivity index (χ4n) is 2.28. The van der Waals surface area contributed by atoms with Gasteiger partial charge in [0.15, 0.2) is 0 Å². The van der Waals surface area contributed by atoms with E-state index in [1.807, 2.05) is 24.3 Å². The van der Waals surface area contributed by atoms with Crippen molar-refractivity contribution in [1.82, 2.24) is 4.98 Å². The Morgan fingerprint density at radius 2 is 1.80 bits per heavy atom. The third kappa shape index (κ3) is 2.11. The van der Waals surface area contributed by atoms with Crippen molar-refractivity contribution in [3.8, 4) is 16.9 Å². The molecule has 1 heterocycles. The number of aromatic nitrogens is 1. The van der Waals surface area contributed by atoms with E-state index in [9.17, 15) is 5.11 Å². The monoisotopic (exact) mass is 303 g/mol. The van der Waals surface area contributed by atoms with Crippen molar-refractivity contribution in [3.05, 3.63) is 58.2 Å². The summed E-state index contributed by atoms with van der Waals surface area (Å²) in [4.78, 5) is 4.38. The summed E-state index contributed by atoms with van der Waals surface area (Å²) in [6, 6.07) is 12.8. The van der Waals surface area contributed by atoms with E-state index in [0.29, 0.717) is 21.3 Å². The van der Waals surface area contributed by atoms with Crippen LogP contribution in [-0.2, 0) is 0 Å². The van der Waals surface area contributed by atoms with Gasteiger partial charge in [-0.2, -0.15) is 0 Å². The average molecular weight is 304 g/mol. The second-order valence-electron chi connectivity index (χ2n) is 4.56. The van der Waals surface area contributed by atoms with Gasteiger partial charge < -0.3 is 5.11 Å². The van der Waals surface area contributed by atoms with Crippen molar-refractivity contribution in [2.45, 2.75) is 6.92 Å². The first-order chi connectivity index (χ1) is 9.58. The van der Waals surface area contributed by atoms with Crippen LogP contribution < -0.4 is 0 Å². The number of aryl methyl sites for hydroxylation is 1. The summed E-state index contributed by atoms with van der Waals surface area (Å²) in [6.45, 7) is 1.77. The zero-order valence-corrected chi connectivity index (χ0v) is 12.2. The van der Waals surface area contributed by atoms with Crippen molar-refractivity contribution in [3.63, 3.8) is 0 Å². The Kier molecular flexibility index (Phi) is 3.28. The molecule has 0 atom stereocenters. The second kappa shape index (κ2) is 4.97. The van der Waals surface area contributed by atoms with Gasteiger partial charge in [-0.15, -0.1) is 0 Å². The summed E-state index contributed by atoms with van der Waals surface area (Å²) in [5, 5.41) is 12.4. The van der Waals surface area contributed by atoms with Gasteiger partial charge in [-0.25, -0.2) is 4.98 Å². The lowest BCUT2D eigenvalue weighted by Crippen LogP contribution is -1.91. The summed E-state index contributed by atoms with van der Waals surface area (Å²) in [7, 11) is 0. The number of fused-ring (bicyclic) bond motifs is 1. The Hall–Kier alpha value is -1.77. The van der Waals surface area contributed by atoms with Crippen LogP contribution in [0.15, 0.2) is 42.5 Å². The second-order valence-corrected chi connectivity index (χ2v) is 5.41. The van der Waals surface area contributed by atoms with Crippen LogP contribution in [0, 0.1) is 6.92 Å².